The molecule has 2 atom stereocenters. The maximum atomic E-state index is 13.2. The smallest absolute Gasteiger partial charge is 0.262 e. The maximum absolute atomic E-state index is 13.2. The minimum atomic E-state index is -0.152. The van der Waals surface area contributed by atoms with Crippen LogP contribution in [-0.2, 0) is 22.7 Å². The van der Waals surface area contributed by atoms with E-state index in [-0.39, 0.29) is 29.5 Å². The normalized spacial score (nSPS) is 17.6. The summed E-state index contributed by atoms with van der Waals surface area (Å²) in [5, 5.41) is 16.6. The van der Waals surface area contributed by atoms with Crippen LogP contribution < -0.4 is 26.8 Å². The second-order valence-corrected chi connectivity index (χ2v) is 13.8. The zero-order chi connectivity index (χ0) is 33.2. The lowest BCUT2D eigenvalue weighted by molar-refractivity contribution is -0.120. The number of carbonyl (C=O) groups is 2. The van der Waals surface area contributed by atoms with E-state index in [1.54, 1.807) is 23.7 Å². The molecule has 2 aliphatic heterocycles. The molecule has 2 amide bonds. The molecule has 0 unspecified atom stereocenters. The van der Waals surface area contributed by atoms with E-state index in [2.05, 4.69) is 26.3 Å². The van der Waals surface area contributed by atoms with Crippen LogP contribution in [0.15, 0.2) is 71.1 Å². The third-order valence-corrected chi connectivity index (χ3v) is 10.4. The molecule has 246 valence electrons. The Morgan fingerprint density at radius 3 is 2.12 bits per heavy atom. The number of carbonyl (C=O) groups excluding carboxylic acids is 2. The number of hydrogen-bond acceptors (Lipinski definition) is 8. The predicted molar refractivity (Wildman–Crippen MR) is 189 cm³/mol. The number of hydrogen-bond donors (Lipinski definition) is 4. The maximum Gasteiger partial charge on any atom is 0.262 e. The molecule has 2 aliphatic rings. The lowest BCUT2D eigenvalue weighted by atomic mass is 9.97. The molecular formula is C35H33Cl2N7O3S. The van der Waals surface area contributed by atoms with E-state index in [0.717, 1.165) is 51.4 Å². The number of amides is 2. The van der Waals surface area contributed by atoms with E-state index in [4.69, 9.17) is 28.2 Å². The van der Waals surface area contributed by atoms with Gasteiger partial charge < -0.3 is 21.3 Å². The van der Waals surface area contributed by atoms with Gasteiger partial charge in [-0.05, 0) is 30.5 Å². The number of nitrogens with one attached hydrogen (secondary N) is 4. The Labute approximate surface area is 290 Å². The summed E-state index contributed by atoms with van der Waals surface area (Å²) in [5.74, 6) is 0.173. The quantitative estimate of drug-likeness (QED) is 0.149. The summed E-state index contributed by atoms with van der Waals surface area (Å²) in [5.41, 5.74) is 5.67. The molecular weight excluding hydrogens is 669 g/mol. The van der Waals surface area contributed by atoms with Crippen molar-refractivity contribution >= 4 is 52.0 Å². The first-order valence-electron chi connectivity index (χ1n) is 15.9. The van der Waals surface area contributed by atoms with E-state index in [0.29, 0.717) is 60.3 Å². The zero-order valence-corrected chi connectivity index (χ0v) is 28.2. The molecule has 7 rings (SSSR count). The molecule has 4 N–H and O–H groups in total. The number of nitrogens with zero attached hydrogens (tertiary/aromatic N) is 3. The second kappa shape index (κ2) is 14.2. The van der Waals surface area contributed by atoms with E-state index in [9.17, 15) is 14.4 Å². The molecule has 0 spiro atoms. The summed E-state index contributed by atoms with van der Waals surface area (Å²) < 4.78 is 1.53. The van der Waals surface area contributed by atoms with Crippen LogP contribution in [0.1, 0.15) is 36.3 Å². The van der Waals surface area contributed by atoms with E-state index in [1.807, 2.05) is 53.9 Å². The first-order chi connectivity index (χ1) is 23.3. The average Bonchev–Trinajstić information content (AvgIpc) is 3.84. The van der Waals surface area contributed by atoms with Crippen molar-refractivity contribution in [3.8, 4) is 33.5 Å². The van der Waals surface area contributed by atoms with Gasteiger partial charge in [0.1, 0.15) is 10.7 Å². The molecule has 0 bridgehead atoms. The van der Waals surface area contributed by atoms with Gasteiger partial charge >= 0.3 is 0 Å². The van der Waals surface area contributed by atoms with Gasteiger partial charge in [-0.1, -0.05) is 59.6 Å². The fraction of sp³-hybridized carbons (Fsp3) is 0.286. The first-order valence-corrected chi connectivity index (χ1v) is 17.5. The third kappa shape index (κ3) is 6.87. The summed E-state index contributed by atoms with van der Waals surface area (Å²) in [6.45, 7) is 2.27. The van der Waals surface area contributed by atoms with E-state index >= 15 is 0 Å². The number of benzene rings is 2. The lowest BCUT2D eigenvalue weighted by Crippen LogP contribution is -2.36. The summed E-state index contributed by atoms with van der Waals surface area (Å²) in [6, 6.07) is 15.6. The number of thiazole rings is 1. The fourth-order valence-electron chi connectivity index (χ4n) is 6.21. The highest BCUT2D eigenvalue weighted by Crippen LogP contribution is 2.42. The first kappa shape index (κ1) is 32.4. The van der Waals surface area contributed by atoms with Crippen molar-refractivity contribution in [3.63, 3.8) is 0 Å². The molecule has 5 heterocycles. The molecule has 0 radical (unpaired) electrons. The summed E-state index contributed by atoms with van der Waals surface area (Å²) >= 11 is 15.7. The van der Waals surface area contributed by atoms with Gasteiger partial charge in [0.2, 0.25) is 11.8 Å². The van der Waals surface area contributed by atoms with Crippen molar-refractivity contribution < 1.29 is 9.59 Å². The molecule has 0 aliphatic carbocycles. The Kier molecular flexibility index (Phi) is 9.56. The molecule has 48 heavy (non-hydrogen) atoms. The van der Waals surface area contributed by atoms with E-state index < -0.39 is 0 Å². The molecule has 10 nitrogen and oxygen atoms in total. The van der Waals surface area contributed by atoms with Gasteiger partial charge in [-0.15, -0.1) is 11.3 Å². The molecule has 0 saturated carbocycles. The third-order valence-electron chi connectivity index (χ3n) is 8.75. The highest BCUT2D eigenvalue weighted by molar-refractivity contribution is 7.09. The summed E-state index contributed by atoms with van der Waals surface area (Å²) in [4.78, 5) is 45.5. The molecule has 3 aromatic heterocycles. The van der Waals surface area contributed by atoms with Gasteiger partial charge in [-0.2, -0.15) is 0 Å². The SMILES string of the molecule is O=C1CC[C@H](CNCc2nc(-c3cccc(-c4cccc(-c5ccn6c(=O)c(CNC[C@@H]7CCC(=O)N7)cnc6c5)c4Cl)c3Cl)cs2)N1. The van der Waals surface area contributed by atoms with Crippen LogP contribution in [0, 0.1) is 0 Å². The number of rotatable bonds is 11. The number of aromatic nitrogens is 3. The van der Waals surface area contributed by atoms with Crippen LogP contribution in [0.5, 0.6) is 0 Å². The minimum Gasteiger partial charge on any atom is -0.352 e. The Hall–Kier alpha value is -4.13. The molecule has 5 aromatic rings. The van der Waals surface area contributed by atoms with Crippen molar-refractivity contribution in [2.75, 3.05) is 13.1 Å². The highest BCUT2D eigenvalue weighted by atomic mass is 35.5. The van der Waals surface area contributed by atoms with Crippen molar-refractivity contribution in [1.29, 1.82) is 0 Å². The Morgan fingerprint density at radius 1 is 0.833 bits per heavy atom. The number of pyridine rings is 1. The second-order valence-electron chi connectivity index (χ2n) is 12.1. The largest absolute Gasteiger partial charge is 0.352 e. The van der Waals surface area contributed by atoms with Gasteiger partial charge in [-0.25, -0.2) is 9.97 Å². The van der Waals surface area contributed by atoms with Gasteiger partial charge in [0.25, 0.3) is 5.56 Å². The van der Waals surface area contributed by atoms with Crippen LogP contribution in [0.3, 0.4) is 0 Å². The van der Waals surface area contributed by atoms with Crippen molar-refractivity contribution in [3.05, 3.63) is 97.3 Å². The number of halogens is 2. The fourth-order valence-corrected chi connectivity index (χ4v) is 7.64. The van der Waals surface area contributed by atoms with Crippen molar-refractivity contribution in [2.45, 2.75) is 50.9 Å². The average molecular weight is 703 g/mol. The molecule has 13 heteroatoms. The standard InChI is InChI=1S/C35H33Cl2N7O3S/c36-33-24(20-11-12-44-29(13-20)40-15-21(35(44)47)14-38-16-22-7-9-30(45)41-22)3-1-4-25(33)26-5-2-6-27(34(26)37)28-19-48-32(43-28)18-39-17-23-8-10-31(46)42-23/h1-6,11-13,15,19,22-23,38-39H,7-10,14,16-18H2,(H,41,45)(H,42,46)/t22-,23+/m0/s1. The summed E-state index contributed by atoms with van der Waals surface area (Å²) in [6.07, 6.45) is 6.08. The molecule has 2 saturated heterocycles. The van der Waals surface area contributed by atoms with Gasteiger partial charge in [0, 0.05) is 96.7 Å². The van der Waals surface area contributed by atoms with Crippen LogP contribution in [0.2, 0.25) is 10.0 Å². The topological polar surface area (TPSA) is 130 Å². The number of fused-ring (bicyclic) bond motifs is 1. The van der Waals surface area contributed by atoms with Crippen LogP contribution in [0.25, 0.3) is 39.2 Å². The van der Waals surface area contributed by atoms with Gasteiger partial charge in [0.15, 0.2) is 0 Å². The molecule has 2 aromatic carbocycles. The van der Waals surface area contributed by atoms with Crippen molar-refractivity contribution in [2.24, 2.45) is 0 Å². The lowest BCUT2D eigenvalue weighted by Gasteiger charge is -2.14. The van der Waals surface area contributed by atoms with Crippen LogP contribution in [0.4, 0.5) is 0 Å². The van der Waals surface area contributed by atoms with Gasteiger partial charge in [-0.3, -0.25) is 18.8 Å². The Morgan fingerprint density at radius 2 is 1.46 bits per heavy atom. The Bertz CT molecular complexity index is 2080. The van der Waals surface area contributed by atoms with E-state index in [1.165, 1.54) is 4.40 Å². The van der Waals surface area contributed by atoms with Crippen LogP contribution >= 0.6 is 34.5 Å². The molecule has 2 fully saturated rings. The zero-order valence-electron chi connectivity index (χ0n) is 25.9. The van der Waals surface area contributed by atoms with Crippen molar-refractivity contribution in [1.82, 2.24) is 35.6 Å². The minimum absolute atomic E-state index is 0.0650. The highest BCUT2D eigenvalue weighted by Gasteiger charge is 2.22. The predicted octanol–water partition coefficient (Wildman–Crippen LogP) is 5.20. The van der Waals surface area contributed by atoms with Gasteiger partial charge in [0.05, 0.1) is 15.7 Å². The monoisotopic (exact) mass is 701 g/mol. The summed E-state index contributed by atoms with van der Waals surface area (Å²) in [7, 11) is 0. The Balaban J connectivity index is 1.08. The van der Waals surface area contributed by atoms with Crippen LogP contribution in [-0.4, -0.2) is 51.4 Å².